The molecule has 1 aromatic heterocycles. The highest BCUT2D eigenvalue weighted by Gasteiger charge is 2.08. The summed E-state index contributed by atoms with van der Waals surface area (Å²) in [7, 11) is 0. The lowest BCUT2D eigenvalue weighted by atomic mass is 10.2. The summed E-state index contributed by atoms with van der Waals surface area (Å²) >= 11 is 0. The molecule has 0 aliphatic heterocycles. The summed E-state index contributed by atoms with van der Waals surface area (Å²) < 4.78 is 0. The van der Waals surface area contributed by atoms with Gasteiger partial charge >= 0.3 is 0 Å². The van der Waals surface area contributed by atoms with Crippen molar-refractivity contribution in [1.29, 1.82) is 0 Å². The Bertz CT molecular complexity index is 831. The van der Waals surface area contributed by atoms with E-state index in [0.717, 1.165) is 16.9 Å². The van der Waals surface area contributed by atoms with Gasteiger partial charge in [-0.25, -0.2) is 0 Å². The number of anilines is 2. The van der Waals surface area contributed by atoms with E-state index in [4.69, 9.17) is 0 Å². The van der Waals surface area contributed by atoms with Crippen LogP contribution in [-0.2, 0) is 6.54 Å². The third kappa shape index (κ3) is 4.20. The summed E-state index contributed by atoms with van der Waals surface area (Å²) in [6.45, 7) is 2.52. The maximum absolute atomic E-state index is 12.3. The summed E-state index contributed by atoms with van der Waals surface area (Å²) in [6.07, 6.45) is 1.63. The Labute approximate surface area is 141 Å². The first kappa shape index (κ1) is 15.7. The molecule has 0 spiro atoms. The molecule has 0 aliphatic carbocycles. The molecule has 3 rings (SSSR count). The van der Waals surface area contributed by atoms with Crippen LogP contribution in [0.3, 0.4) is 0 Å². The predicted molar refractivity (Wildman–Crippen MR) is 96.3 cm³/mol. The van der Waals surface area contributed by atoms with Crippen molar-refractivity contribution in [3.8, 4) is 0 Å². The van der Waals surface area contributed by atoms with Gasteiger partial charge in [0.05, 0.1) is 0 Å². The first-order chi connectivity index (χ1) is 11.7. The molecule has 24 heavy (non-hydrogen) atoms. The number of carbonyl (C=O) groups is 1. The van der Waals surface area contributed by atoms with Crippen molar-refractivity contribution >= 4 is 17.3 Å². The van der Waals surface area contributed by atoms with Gasteiger partial charge in [0.15, 0.2) is 0 Å². The van der Waals surface area contributed by atoms with Crippen molar-refractivity contribution in [2.75, 3.05) is 5.32 Å². The first-order valence-electron chi connectivity index (χ1n) is 7.82. The minimum atomic E-state index is -0.188. The van der Waals surface area contributed by atoms with Gasteiger partial charge in [-0.05, 0) is 42.3 Å². The molecule has 0 saturated carbocycles. The van der Waals surface area contributed by atoms with Crippen LogP contribution in [0.4, 0.5) is 11.4 Å². The second kappa shape index (κ2) is 7.42. The van der Waals surface area contributed by atoms with Crippen LogP contribution in [0, 0.1) is 6.92 Å². The van der Waals surface area contributed by atoms with Crippen LogP contribution in [-0.4, -0.2) is 10.9 Å². The van der Waals surface area contributed by atoms with Crippen molar-refractivity contribution in [3.05, 3.63) is 89.7 Å². The molecule has 120 valence electrons. The van der Waals surface area contributed by atoms with E-state index in [2.05, 4.69) is 21.7 Å². The Kier molecular flexibility index (Phi) is 4.87. The molecule has 2 aromatic carbocycles. The minimum Gasteiger partial charge on any atom is -0.355 e. The molecule has 0 saturated heterocycles. The van der Waals surface area contributed by atoms with Gasteiger partial charge in [-0.15, -0.1) is 0 Å². The number of nitrogens with zero attached hydrogens (tertiary/aromatic N) is 1. The van der Waals surface area contributed by atoms with Crippen LogP contribution >= 0.6 is 0 Å². The zero-order valence-corrected chi connectivity index (χ0v) is 13.5. The zero-order valence-electron chi connectivity index (χ0n) is 13.5. The highest BCUT2D eigenvalue weighted by Crippen LogP contribution is 2.17. The maximum Gasteiger partial charge on any atom is 0.270 e. The normalized spacial score (nSPS) is 10.2. The molecule has 4 heteroatoms. The number of hydrogen-bond acceptors (Lipinski definition) is 3. The van der Waals surface area contributed by atoms with Crippen LogP contribution in [0.2, 0.25) is 0 Å². The van der Waals surface area contributed by atoms with E-state index in [0.29, 0.717) is 12.2 Å². The van der Waals surface area contributed by atoms with Crippen molar-refractivity contribution < 1.29 is 4.79 Å². The van der Waals surface area contributed by atoms with E-state index in [1.165, 1.54) is 5.56 Å². The molecule has 3 aromatic rings. The quantitative estimate of drug-likeness (QED) is 0.746. The average molecular weight is 317 g/mol. The monoisotopic (exact) mass is 317 g/mol. The first-order valence-corrected chi connectivity index (χ1v) is 7.82. The van der Waals surface area contributed by atoms with Crippen LogP contribution in [0.5, 0.6) is 0 Å². The number of amides is 1. The third-order valence-corrected chi connectivity index (χ3v) is 3.60. The molecular weight excluding hydrogens is 298 g/mol. The molecule has 0 bridgehead atoms. The Morgan fingerprint density at radius 2 is 1.75 bits per heavy atom. The molecule has 2 N–H and O–H groups in total. The van der Waals surface area contributed by atoms with E-state index < -0.39 is 0 Å². The third-order valence-electron chi connectivity index (χ3n) is 3.60. The second-order valence-corrected chi connectivity index (χ2v) is 5.59. The smallest absolute Gasteiger partial charge is 0.270 e. The molecule has 1 amide bonds. The van der Waals surface area contributed by atoms with Crippen molar-refractivity contribution in [1.82, 2.24) is 10.3 Å². The molecule has 0 fully saturated rings. The lowest BCUT2D eigenvalue weighted by Crippen LogP contribution is -2.23. The largest absolute Gasteiger partial charge is 0.355 e. The minimum absolute atomic E-state index is 0.188. The van der Waals surface area contributed by atoms with Crippen LogP contribution in [0.25, 0.3) is 0 Å². The molecule has 4 nitrogen and oxygen atoms in total. The fraction of sp³-hybridized carbons (Fsp3) is 0.100. The summed E-state index contributed by atoms with van der Waals surface area (Å²) in [5.41, 5.74) is 4.44. The van der Waals surface area contributed by atoms with Crippen LogP contribution < -0.4 is 10.6 Å². The lowest BCUT2D eigenvalue weighted by molar-refractivity contribution is 0.0946. The summed E-state index contributed by atoms with van der Waals surface area (Å²) in [5.74, 6) is -0.188. The molecule has 0 aliphatic rings. The van der Waals surface area contributed by atoms with Gasteiger partial charge < -0.3 is 10.6 Å². The van der Waals surface area contributed by atoms with Crippen LogP contribution in [0.15, 0.2) is 72.9 Å². The van der Waals surface area contributed by atoms with Gasteiger partial charge in [0, 0.05) is 24.1 Å². The Morgan fingerprint density at radius 3 is 2.54 bits per heavy atom. The van der Waals surface area contributed by atoms with Crippen molar-refractivity contribution in [2.45, 2.75) is 13.5 Å². The van der Waals surface area contributed by atoms with E-state index in [-0.39, 0.29) is 5.91 Å². The highest BCUT2D eigenvalue weighted by atomic mass is 16.1. The number of rotatable bonds is 5. The molecular formula is C20H19N3O. The van der Waals surface area contributed by atoms with Gasteiger partial charge in [0.25, 0.3) is 5.91 Å². The molecule has 0 unspecified atom stereocenters. The summed E-state index contributed by atoms with van der Waals surface area (Å²) in [6, 6.07) is 21.5. The molecule has 0 radical (unpaired) electrons. The lowest BCUT2D eigenvalue weighted by Gasteiger charge is -2.09. The number of benzene rings is 2. The number of aromatic nitrogens is 1. The van der Waals surface area contributed by atoms with E-state index in [9.17, 15) is 4.79 Å². The Hall–Kier alpha value is -3.14. The zero-order chi connectivity index (χ0) is 16.8. The highest BCUT2D eigenvalue weighted by molar-refractivity contribution is 5.93. The summed E-state index contributed by atoms with van der Waals surface area (Å²) in [4.78, 5) is 16.4. The molecule has 0 atom stereocenters. The fourth-order valence-corrected chi connectivity index (χ4v) is 2.39. The molecule has 1 heterocycles. The van der Waals surface area contributed by atoms with Gasteiger partial charge in [-0.1, -0.05) is 42.5 Å². The topological polar surface area (TPSA) is 54.0 Å². The standard InChI is InChI=1S/C20H19N3O/c1-15-6-5-9-17(12-15)23-18-10-11-21-19(13-18)20(24)22-14-16-7-3-2-4-8-16/h2-13H,14H2,1H3,(H,21,23)(H,22,24). The van der Waals surface area contributed by atoms with Gasteiger partial charge in [-0.2, -0.15) is 0 Å². The number of pyridine rings is 1. The van der Waals surface area contributed by atoms with Gasteiger partial charge in [-0.3, -0.25) is 9.78 Å². The Morgan fingerprint density at radius 1 is 0.958 bits per heavy atom. The maximum atomic E-state index is 12.3. The SMILES string of the molecule is Cc1cccc(Nc2ccnc(C(=O)NCc3ccccc3)c2)c1. The number of carbonyl (C=O) groups excluding carboxylic acids is 1. The summed E-state index contributed by atoms with van der Waals surface area (Å²) in [5, 5.41) is 6.18. The van der Waals surface area contributed by atoms with Crippen LogP contribution in [0.1, 0.15) is 21.6 Å². The fourth-order valence-electron chi connectivity index (χ4n) is 2.39. The van der Waals surface area contributed by atoms with Crippen molar-refractivity contribution in [2.24, 2.45) is 0 Å². The number of hydrogen-bond donors (Lipinski definition) is 2. The number of aryl methyl sites for hydroxylation is 1. The average Bonchev–Trinajstić information content (AvgIpc) is 2.61. The van der Waals surface area contributed by atoms with Crippen molar-refractivity contribution in [3.63, 3.8) is 0 Å². The van der Waals surface area contributed by atoms with E-state index in [1.807, 2.05) is 61.5 Å². The second-order valence-electron chi connectivity index (χ2n) is 5.59. The van der Waals surface area contributed by atoms with Gasteiger partial charge in [0.1, 0.15) is 5.69 Å². The van der Waals surface area contributed by atoms with E-state index in [1.54, 1.807) is 12.3 Å². The van der Waals surface area contributed by atoms with Gasteiger partial charge in [0.2, 0.25) is 0 Å². The number of nitrogens with one attached hydrogen (secondary N) is 2. The predicted octanol–water partition coefficient (Wildman–Crippen LogP) is 4.06. The van der Waals surface area contributed by atoms with E-state index >= 15 is 0 Å². The Balaban J connectivity index is 1.67.